The van der Waals surface area contributed by atoms with Crippen LogP contribution in [0.15, 0.2) is 12.1 Å². The minimum Gasteiger partial charge on any atom is -0.351 e. The lowest BCUT2D eigenvalue weighted by atomic mass is 10.1. The summed E-state index contributed by atoms with van der Waals surface area (Å²) in [5.74, 6) is -4.92. The molecule has 2 rings (SSSR count). The summed E-state index contributed by atoms with van der Waals surface area (Å²) in [6, 6.07) is 0.902. The van der Waals surface area contributed by atoms with Crippen LogP contribution in [0.25, 0.3) is 0 Å². The zero-order chi connectivity index (χ0) is 16.5. The van der Waals surface area contributed by atoms with E-state index in [2.05, 4.69) is 5.32 Å². The van der Waals surface area contributed by atoms with Crippen molar-refractivity contribution in [3.8, 4) is 0 Å². The van der Waals surface area contributed by atoms with Gasteiger partial charge in [-0.1, -0.05) is 6.07 Å². The van der Waals surface area contributed by atoms with Crippen LogP contribution >= 0.6 is 0 Å². The third-order valence-electron chi connectivity index (χ3n) is 3.63. The Morgan fingerprint density at radius 3 is 2.68 bits per heavy atom. The van der Waals surface area contributed by atoms with Crippen LogP contribution in [0.2, 0.25) is 0 Å². The Kier molecular flexibility index (Phi) is 4.76. The zero-order valence-electron chi connectivity index (χ0n) is 11.8. The number of likely N-dealkylation sites (N-methyl/N-ethyl adjacent to an activating group) is 1. The van der Waals surface area contributed by atoms with Crippen molar-refractivity contribution in [2.24, 2.45) is 0 Å². The number of hydrogen-bond donors (Lipinski definition) is 1. The summed E-state index contributed by atoms with van der Waals surface area (Å²) in [5.41, 5.74) is -0.214. The Balaban J connectivity index is 2.06. The first-order valence-corrected chi connectivity index (χ1v) is 8.20. The molecule has 5 nitrogen and oxygen atoms in total. The number of hydrogen-bond acceptors (Lipinski definition) is 3. The molecule has 1 aromatic rings. The van der Waals surface area contributed by atoms with Crippen LogP contribution in [0.3, 0.4) is 0 Å². The van der Waals surface area contributed by atoms with Crippen molar-refractivity contribution in [3.05, 3.63) is 35.1 Å². The molecule has 1 heterocycles. The van der Waals surface area contributed by atoms with E-state index in [0.717, 1.165) is 16.4 Å². The highest BCUT2D eigenvalue weighted by Gasteiger charge is 2.35. The van der Waals surface area contributed by atoms with Gasteiger partial charge in [-0.05, 0) is 18.9 Å². The number of nitrogens with zero attached hydrogens (tertiary/aromatic N) is 1. The standard InChI is InChI=1S/C13H15F3N2O3S/c1-18-10(3-2-6-22(18,20)21)13(19)17-7-8-4-5-9(14)12(16)11(8)15/h4-5,10H,2-3,6-7H2,1H3,(H,17,19). The van der Waals surface area contributed by atoms with E-state index in [0.29, 0.717) is 12.8 Å². The van der Waals surface area contributed by atoms with Crippen molar-refractivity contribution < 1.29 is 26.4 Å². The van der Waals surface area contributed by atoms with Crippen LogP contribution in [0.1, 0.15) is 18.4 Å². The normalized spacial score (nSPS) is 21.5. The molecule has 1 atom stereocenters. The first-order chi connectivity index (χ1) is 10.2. The van der Waals surface area contributed by atoms with Gasteiger partial charge in [0.1, 0.15) is 6.04 Å². The van der Waals surface area contributed by atoms with E-state index in [1.54, 1.807) is 0 Å². The highest BCUT2D eigenvalue weighted by Crippen LogP contribution is 2.19. The summed E-state index contributed by atoms with van der Waals surface area (Å²) in [4.78, 5) is 12.0. The fraction of sp³-hybridized carbons (Fsp3) is 0.462. The Labute approximate surface area is 126 Å². The molecule has 1 fully saturated rings. The van der Waals surface area contributed by atoms with Gasteiger partial charge >= 0.3 is 0 Å². The fourth-order valence-electron chi connectivity index (χ4n) is 2.28. The number of amides is 1. The summed E-state index contributed by atoms with van der Waals surface area (Å²) in [5, 5.41) is 2.35. The maximum absolute atomic E-state index is 13.5. The molecule has 0 radical (unpaired) electrons. The molecule has 1 N–H and O–H groups in total. The van der Waals surface area contributed by atoms with Gasteiger partial charge in [0.15, 0.2) is 17.5 Å². The number of rotatable bonds is 3. The third kappa shape index (κ3) is 3.25. The van der Waals surface area contributed by atoms with E-state index in [1.807, 2.05) is 0 Å². The summed E-state index contributed by atoms with van der Waals surface area (Å²) >= 11 is 0. The second-order valence-electron chi connectivity index (χ2n) is 5.04. The molecule has 1 unspecified atom stereocenters. The van der Waals surface area contributed by atoms with Crippen molar-refractivity contribution in [2.75, 3.05) is 12.8 Å². The smallest absolute Gasteiger partial charge is 0.238 e. The summed E-state index contributed by atoms with van der Waals surface area (Å²) in [6.45, 7) is -0.355. The third-order valence-corrected chi connectivity index (χ3v) is 5.57. The van der Waals surface area contributed by atoms with Gasteiger partial charge in [0.05, 0.1) is 5.75 Å². The fourth-order valence-corrected chi connectivity index (χ4v) is 3.69. The van der Waals surface area contributed by atoms with Crippen LogP contribution in [0.4, 0.5) is 13.2 Å². The minimum atomic E-state index is -3.47. The SMILES string of the molecule is CN1C(C(=O)NCc2ccc(F)c(F)c2F)CCCS1(=O)=O. The van der Waals surface area contributed by atoms with Crippen LogP contribution in [0.5, 0.6) is 0 Å². The van der Waals surface area contributed by atoms with E-state index in [1.165, 1.54) is 7.05 Å². The van der Waals surface area contributed by atoms with Crippen LogP contribution in [-0.4, -0.2) is 37.5 Å². The number of carbonyl (C=O) groups is 1. The van der Waals surface area contributed by atoms with Crippen molar-refractivity contribution in [2.45, 2.75) is 25.4 Å². The molecule has 1 aromatic carbocycles. The Bertz CT molecular complexity index is 694. The van der Waals surface area contributed by atoms with E-state index in [9.17, 15) is 26.4 Å². The highest BCUT2D eigenvalue weighted by molar-refractivity contribution is 7.89. The number of benzene rings is 1. The molecule has 0 aliphatic carbocycles. The summed E-state index contributed by atoms with van der Waals surface area (Å²) in [7, 11) is -2.17. The molecule has 0 aromatic heterocycles. The first-order valence-electron chi connectivity index (χ1n) is 6.60. The maximum Gasteiger partial charge on any atom is 0.238 e. The summed E-state index contributed by atoms with van der Waals surface area (Å²) < 4.78 is 63.8. The van der Waals surface area contributed by atoms with Gasteiger partial charge < -0.3 is 5.32 Å². The number of carbonyl (C=O) groups excluding carboxylic acids is 1. The quantitative estimate of drug-likeness (QED) is 0.842. The van der Waals surface area contributed by atoms with Crippen LogP contribution in [0, 0.1) is 17.5 Å². The van der Waals surface area contributed by atoms with E-state index in [4.69, 9.17) is 0 Å². The molecule has 0 saturated carbocycles. The van der Waals surface area contributed by atoms with Gasteiger partial charge in [-0.25, -0.2) is 21.6 Å². The van der Waals surface area contributed by atoms with Crippen LogP contribution < -0.4 is 5.32 Å². The van der Waals surface area contributed by atoms with Gasteiger partial charge in [-0.15, -0.1) is 0 Å². The molecule has 22 heavy (non-hydrogen) atoms. The molecule has 1 saturated heterocycles. The Hall–Kier alpha value is -1.61. The molecular weight excluding hydrogens is 321 g/mol. The lowest BCUT2D eigenvalue weighted by Crippen LogP contribution is -2.50. The minimum absolute atomic E-state index is 0.0227. The average Bonchev–Trinajstić information content (AvgIpc) is 2.46. The molecule has 0 bridgehead atoms. The number of halogens is 3. The molecule has 1 aliphatic heterocycles. The second kappa shape index (κ2) is 6.25. The largest absolute Gasteiger partial charge is 0.351 e. The van der Waals surface area contributed by atoms with Gasteiger partial charge in [0.25, 0.3) is 0 Å². The molecule has 1 amide bonds. The van der Waals surface area contributed by atoms with E-state index in [-0.39, 0.29) is 17.9 Å². The monoisotopic (exact) mass is 336 g/mol. The molecular formula is C13H15F3N2O3S. The predicted molar refractivity (Wildman–Crippen MR) is 72.7 cm³/mol. The van der Waals surface area contributed by atoms with Crippen molar-refractivity contribution in [1.29, 1.82) is 0 Å². The van der Waals surface area contributed by atoms with Gasteiger partial charge in [0.2, 0.25) is 15.9 Å². The summed E-state index contributed by atoms with van der Waals surface area (Å²) in [6.07, 6.45) is 0.701. The maximum atomic E-state index is 13.5. The second-order valence-corrected chi connectivity index (χ2v) is 7.19. The first kappa shape index (κ1) is 16.8. The van der Waals surface area contributed by atoms with Gasteiger partial charge in [-0.2, -0.15) is 4.31 Å². The van der Waals surface area contributed by atoms with Crippen molar-refractivity contribution in [3.63, 3.8) is 0 Å². The lowest BCUT2D eigenvalue weighted by molar-refractivity contribution is -0.125. The van der Waals surface area contributed by atoms with Crippen molar-refractivity contribution in [1.82, 2.24) is 9.62 Å². The number of sulfonamides is 1. The van der Waals surface area contributed by atoms with Crippen LogP contribution in [-0.2, 0) is 21.4 Å². The zero-order valence-corrected chi connectivity index (χ0v) is 12.6. The molecule has 122 valence electrons. The predicted octanol–water partition coefficient (Wildman–Crippen LogP) is 1.14. The van der Waals surface area contributed by atoms with Gasteiger partial charge in [0, 0.05) is 19.2 Å². The van der Waals surface area contributed by atoms with Crippen molar-refractivity contribution >= 4 is 15.9 Å². The Morgan fingerprint density at radius 2 is 2.00 bits per heavy atom. The van der Waals surface area contributed by atoms with E-state index >= 15 is 0 Å². The van der Waals surface area contributed by atoms with Gasteiger partial charge in [-0.3, -0.25) is 4.79 Å². The molecule has 0 spiro atoms. The highest BCUT2D eigenvalue weighted by atomic mass is 32.2. The lowest BCUT2D eigenvalue weighted by Gasteiger charge is -2.30. The average molecular weight is 336 g/mol. The molecule has 1 aliphatic rings. The van der Waals surface area contributed by atoms with E-state index < -0.39 is 39.4 Å². The Morgan fingerprint density at radius 1 is 1.32 bits per heavy atom. The molecule has 9 heteroatoms. The number of nitrogens with one attached hydrogen (secondary N) is 1. The topological polar surface area (TPSA) is 66.5 Å².